The Bertz CT molecular complexity index is 1730. The molecule has 0 saturated heterocycles. The molecule has 2 N–H and O–H groups in total. The number of nitrogens with two attached hydrogens (primary N) is 1. The second-order valence-electron chi connectivity index (χ2n) is 13.6. The van der Waals surface area contributed by atoms with Gasteiger partial charge in [0.05, 0.1) is 32.2 Å². The molecule has 7 rings (SSSR count). The zero-order chi connectivity index (χ0) is 31.2. The lowest BCUT2D eigenvalue weighted by atomic mass is 10.0. The van der Waals surface area contributed by atoms with Gasteiger partial charge in [0, 0.05) is 12.0 Å². The van der Waals surface area contributed by atoms with Crippen LogP contribution in [0.25, 0.3) is 11.2 Å². The topological polar surface area (TPSA) is 97.3 Å². The first-order valence-electron chi connectivity index (χ1n) is 15.7. The van der Waals surface area contributed by atoms with Crippen LogP contribution < -0.4 is 20.8 Å². The van der Waals surface area contributed by atoms with Gasteiger partial charge in [-0.05, 0) is 51.9 Å². The number of fused-ring (bicyclic) bond motifs is 2. The van der Waals surface area contributed by atoms with Gasteiger partial charge < -0.3 is 24.2 Å². The van der Waals surface area contributed by atoms with Crippen LogP contribution in [-0.4, -0.2) is 47.7 Å². The van der Waals surface area contributed by atoms with Crippen LogP contribution >= 0.6 is 0 Å². The molecule has 8 nitrogen and oxygen atoms in total. The lowest BCUT2D eigenvalue weighted by Crippen LogP contribution is -2.67. The van der Waals surface area contributed by atoms with E-state index in [1.807, 2.05) is 18.5 Å². The van der Waals surface area contributed by atoms with Gasteiger partial charge in [-0.2, -0.15) is 0 Å². The second kappa shape index (κ2) is 11.4. The van der Waals surface area contributed by atoms with E-state index in [-0.39, 0.29) is 22.6 Å². The van der Waals surface area contributed by atoms with Crippen molar-refractivity contribution in [1.82, 2.24) is 19.5 Å². The molecule has 2 aromatic heterocycles. The van der Waals surface area contributed by atoms with Gasteiger partial charge in [-0.25, -0.2) is 15.0 Å². The maximum atomic E-state index is 7.50. The number of imidazole rings is 1. The Balaban J connectivity index is 1.23. The molecule has 9 heteroatoms. The van der Waals surface area contributed by atoms with E-state index < -0.39 is 8.32 Å². The molecule has 2 aliphatic carbocycles. The molecule has 0 amide bonds. The van der Waals surface area contributed by atoms with Gasteiger partial charge in [-0.3, -0.25) is 0 Å². The Morgan fingerprint density at radius 1 is 0.889 bits per heavy atom. The molecule has 2 saturated carbocycles. The molecule has 4 atom stereocenters. The highest BCUT2D eigenvalue weighted by molar-refractivity contribution is 6.99. The maximum Gasteiger partial charge on any atom is 0.261 e. The Morgan fingerprint density at radius 3 is 2.18 bits per heavy atom. The van der Waals surface area contributed by atoms with Crippen LogP contribution in [-0.2, 0) is 15.8 Å². The van der Waals surface area contributed by atoms with Crippen molar-refractivity contribution in [2.75, 3.05) is 19.5 Å². The van der Waals surface area contributed by atoms with Crippen LogP contribution in [0.2, 0.25) is 5.04 Å². The van der Waals surface area contributed by atoms with Crippen molar-refractivity contribution < 1.29 is 13.9 Å². The highest BCUT2D eigenvalue weighted by Gasteiger charge is 2.67. The standard InChI is InChI=1S/C36H41N5O3Si/c1-35(2,3)45(27-11-7-5-8-12-27,28-13-9-6-10-14-28)44-22-36-19-29(36)32(41-24-40-31-33(37)38-23-39-34(31)41)30(20-36)43-21-25-15-17-26(42-4)18-16-25/h5-18,23-24,29-30,32H,19-22H2,1-4H3,(H2,37,38,39)/t29-,30+,32-,36+/m1/s1. The van der Waals surface area contributed by atoms with Crippen LogP contribution in [0, 0.1) is 11.3 Å². The number of nitrogen functional groups attached to an aromatic ring is 1. The van der Waals surface area contributed by atoms with Crippen LogP contribution in [0.1, 0.15) is 45.2 Å². The second-order valence-corrected chi connectivity index (χ2v) is 17.9. The minimum Gasteiger partial charge on any atom is -0.497 e. The lowest BCUT2D eigenvalue weighted by Gasteiger charge is -2.43. The molecule has 3 aromatic carbocycles. The highest BCUT2D eigenvalue weighted by Crippen LogP contribution is 2.69. The molecule has 2 fully saturated rings. The van der Waals surface area contributed by atoms with Gasteiger partial charge in [0.1, 0.15) is 17.6 Å². The first-order valence-corrected chi connectivity index (χ1v) is 17.6. The molecule has 0 aliphatic heterocycles. The van der Waals surface area contributed by atoms with Gasteiger partial charge >= 0.3 is 0 Å². The third kappa shape index (κ3) is 5.12. The Morgan fingerprint density at radius 2 is 1.56 bits per heavy atom. The molecule has 232 valence electrons. The van der Waals surface area contributed by atoms with Crippen LogP contribution in [0.4, 0.5) is 5.82 Å². The molecule has 0 spiro atoms. The minimum atomic E-state index is -2.69. The Hall–Kier alpha value is -4.05. The number of methoxy groups -OCH3 is 1. The number of rotatable bonds is 10. The average Bonchev–Trinajstić information content (AvgIpc) is 3.41. The largest absolute Gasteiger partial charge is 0.497 e. The smallest absolute Gasteiger partial charge is 0.261 e. The van der Waals surface area contributed by atoms with E-state index in [4.69, 9.17) is 19.6 Å². The van der Waals surface area contributed by atoms with Crippen molar-refractivity contribution in [3.63, 3.8) is 0 Å². The first kappa shape index (κ1) is 29.6. The van der Waals surface area contributed by atoms with Gasteiger partial charge in [0.2, 0.25) is 0 Å². The summed E-state index contributed by atoms with van der Waals surface area (Å²) >= 11 is 0. The van der Waals surface area contributed by atoms with Crippen molar-refractivity contribution in [1.29, 1.82) is 0 Å². The van der Waals surface area contributed by atoms with Crippen molar-refractivity contribution in [2.24, 2.45) is 11.3 Å². The molecule has 5 aromatic rings. The van der Waals surface area contributed by atoms with Crippen molar-refractivity contribution >= 4 is 35.7 Å². The predicted molar refractivity (Wildman–Crippen MR) is 179 cm³/mol. The predicted octanol–water partition coefficient (Wildman–Crippen LogP) is 5.53. The third-order valence-corrected chi connectivity index (χ3v) is 15.0. The summed E-state index contributed by atoms with van der Waals surface area (Å²) in [4.78, 5) is 13.4. The molecular weight excluding hydrogens is 579 g/mol. The first-order chi connectivity index (χ1) is 21.8. The summed E-state index contributed by atoms with van der Waals surface area (Å²) in [6.45, 7) is 8.19. The van der Waals surface area contributed by atoms with Crippen LogP contribution in [0.3, 0.4) is 0 Å². The Kier molecular flexibility index (Phi) is 7.50. The average molecular weight is 620 g/mol. The SMILES string of the molecule is COc1ccc(CO[C@H]2C[C@]3(CO[Si](c4ccccc4)(c4ccccc4)C(C)(C)C)C[C@@H]3[C@H]2n2cnc3c(N)ncnc32)cc1. The number of anilines is 1. The fourth-order valence-corrected chi connectivity index (χ4v) is 12.3. The molecule has 0 bridgehead atoms. The van der Waals surface area contributed by atoms with E-state index in [1.165, 1.54) is 16.7 Å². The number of aromatic nitrogens is 4. The monoisotopic (exact) mass is 619 g/mol. The van der Waals surface area contributed by atoms with E-state index in [1.54, 1.807) is 7.11 Å². The zero-order valence-corrected chi connectivity index (χ0v) is 27.4. The van der Waals surface area contributed by atoms with E-state index in [0.717, 1.165) is 29.8 Å². The van der Waals surface area contributed by atoms with E-state index in [2.05, 4.69) is 113 Å². The molecule has 2 aliphatic rings. The van der Waals surface area contributed by atoms with E-state index in [0.29, 0.717) is 30.5 Å². The zero-order valence-electron chi connectivity index (χ0n) is 26.4. The van der Waals surface area contributed by atoms with Gasteiger partial charge in [0.15, 0.2) is 11.5 Å². The summed E-state index contributed by atoms with van der Waals surface area (Å²) in [6.07, 6.45) is 5.31. The fourth-order valence-electron chi connectivity index (χ4n) is 7.66. The van der Waals surface area contributed by atoms with E-state index in [9.17, 15) is 0 Å². The summed E-state index contributed by atoms with van der Waals surface area (Å²) < 4.78 is 21.8. The summed E-state index contributed by atoms with van der Waals surface area (Å²) in [6, 6.07) is 29.9. The molecule has 2 heterocycles. The summed E-state index contributed by atoms with van der Waals surface area (Å²) in [5, 5.41) is 2.51. The van der Waals surface area contributed by atoms with Gasteiger partial charge in [0.25, 0.3) is 8.32 Å². The summed E-state index contributed by atoms with van der Waals surface area (Å²) in [5.74, 6) is 1.59. The third-order valence-electron chi connectivity index (χ3n) is 9.98. The van der Waals surface area contributed by atoms with E-state index >= 15 is 0 Å². The van der Waals surface area contributed by atoms with Gasteiger partial charge in [-0.15, -0.1) is 0 Å². The van der Waals surface area contributed by atoms with Crippen LogP contribution in [0.5, 0.6) is 5.75 Å². The van der Waals surface area contributed by atoms with Crippen LogP contribution in [0.15, 0.2) is 97.6 Å². The summed E-state index contributed by atoms with van der Waals surface area (Å²) in [7, 11) is -1.01. The molecule has 0 unspecified atom stereocenters. The number of hydrogen-bond donors (Lipinski definition) is 1. The number of nitrogens with zero attached hydrogens (tertiary/aromatic N) is 4. The number of hydrogen-bond acceptors (Lipinski definition) is 7. The highest BCUT2D eigenvalue weighted by atomic mass is 28.4. The van der Waals surface area contributed by atoms with Crippen molar-refractivity contribution in [2.45, 2.75) is 57.4 Å². The normalized spacial score (nSPS) is 22.8. The fraction of sp³-hybridized carbons (Fsp3) is 0.361. The molecule has 45 heavy (non-hydrogen) atoms. The maximum absolute atomic E-state index is 7.50. The molecule has 0 radical (unpaired) electrons. The number of benzene rings is 3. The van der Waals surface area contributed by atoms with Crippen molar-refractivity contribution in [3.05, 3.63) is 103 Å². The Labute approximate surface area is 265 Å². The lowest BCUT2D eigenvalue weighted by molar-refractivity contribution is 0.00483. The quantitative estimate of drug-likeness (QED) is 0.205. The van der Waals surface area contributed by atoms with Crippen molar-refractivity contribution in [3.8, 4) is 5.75 Å². The minimum absolute atomic E-state index is 0.00251. The summed E-state index contributed by atoms with van der Waals surface area (Å²) in [5.41, 5.74) is 8.68. The number of ether oxygens (including phenoxy) is 2. The molecular formula is C36H41N5O3Si. The van der Waals surface area contributed by atoms with Gasteiger partial charge in [-0.1, -0.05) is 93.6 Å².